The van der Waals surface area contributed by atoms with E-state index in [1.807, 2.05) is 41.4 Å². The summed E-state index contributed by atoms with van der Waals surface area (Å²) in [6.45, 7) is 2.76. The Kier molecular flexibility index (Phi) is 6.21. The normalized spacial score (nSPS) is 15.4. The van der Waals surface area contributed by atoms with Gasteiger partial charge in [-0.1, -0.05) is 29.8 Å². The van der Waals surface area contributed by atoms with Crippen LogP contribution >= 0.6 is 11.6 Å². The van der Waals surface area contributed by atoms with Crippen molar-refractivity contribution in [3.63, 3.8) is 0 Å². The topological polar surface area (TPSA) is 122 Å². The number of fused-ring (bicyclic) bond motifs is 2. The number of hydrogen-bond acceptors (Lipinski definition) is 6. The van der Waals surface area contributed by atoms with Gasteiger partial charge in [0.15, 0.2) is 5.65 Å². The van der Waals surface area contributed by atoms with E-state index in [0.29, 0.717) is 53.3 Å². The van der Waals surface area contributed by atoms with Gasteiger partial charge in [-0.15, -0.1) is 0 Å². The first-order valence-electron chi connectivity index (χ1n) is 12.5. The van der Waals surface area contributed by atoms with E-state index in [4.69, 9.17) is 11.6 Å². The predicted molar refractivity (Wildman–Crippen MR) is 144 cm³/mol. The van der Waals surface area contributed by atoms with Crippen LogP contribution in [0, 0.1) is 0 Å². The van der Waals surface area contributed by atoms with E-state index in [0.717, 1.165) is 16.6 Å². The highest BCUT2D eigenvalue weighted by Gasteiger charge is 2.28. The molecule has 1 aromatic carbocycles. The number of aromatic nitrogens is 6. The minimum absolute atomic E-state index is 0.0148. The second kappa shape index (κ2) is 9.70. The van der Waals surface area contributed by atoms with Gasteiger partial charge in [-0.25, -0.2) is 19.7 Å². The molecule has 5 heterocycles. The largest absolute Gasteiger partial charge is 0.387 e. The number of piperidine rings is 1. The Balaban J connectivity index is 1.27. The molecule has 10 nitrogen and oxygen atoms in total. The molecule has 1 saturated heterocycles. The van der Waals surface area contributed by atoms with Crippen molar-refractivity contribution < 1.29 is 9.90 Å². The first kappa shape index (κ1) is 24.3. The highest BCUT2D eigenvalue weighted by molar-refractivity contribution is 6.33. The number of amides is 1. The predicted octanol–water partition coefficient (Wildman–Crippen LogP) is 3.71. The second-order valence-electron chi connectivity index (χ2n) is 9.57. The molecule has 1 fully saturated rings. The van der Waals surface area contributed by atoms with Gasteiger partial charge in [0, 0.05) is 47.7 Å². The summed E-state index contributed by atoms with van der Waals surface area (Å²) in [4.78, 5) is 43.7. The van der Waals surface area contributed by atoms with Crippen LogP contribution < -0.4 is 5.69 Å². The number of imidazole rings is 1. The van der Waals surface area contributed by atoms with E-state index in [9.17, 15) is 14.7 Å². The van der Waals surface area contributed by atoms with Gasteiger partial charge in [0.2, 0.25) is 5.91 Å². The molecule has 11 heteroatoms. The first-order chi connectivity index (χ1) is 18.4. The third-order valence-corrected chi connectivity index (χ3v) is 7.55. The fourth-order valence-corrected chi connectivity index (χ4v) is 5.64. The second-order valence-corrected chi connectivity index (χ2v) is 9.97. The summed E-state index contributed by atoms with van der Waals surface area (Å²) in [5.41, 5.74) is 4.42. The number of carbonyl (C=O) groups is 1. The van der Waals surface area contributed by atoms with Crippen molar-refractivity contribution in [3.8, 4) is 11.1 Å². The van der Waals surface area contributed by atoms with Crippen LogP contribution in [0.25, 0.3) is 33.3 Å². The average molecular weight is 532 g/mol. The zero-order valence-electron chi connectivity index (χ0n) is 20.7. The van der Waals surface area contributed by atoms with E-state index in [1.165, 1.54) is 6.33 Å². The molecule has 2 N–H and O–H groups in total. The highest BCUT2D eigenvalue weighted by atomic mass is 35.5. The number of nitrogens with zero attached hydrogens (tertiary/aromatic N) is 6. The van der Waals surface area contributed by atoms with E-state index in [1.54, 1.807) is 28.3 Å². The molecule has 1 aliphatic rings. The average Bonchev–Trinajstić information content (AvgIpc) is 3.45. The van der Waals surface area contributed by atoms with Crippen LogP contribution in [0.2, 0.25) is 5.02 Å². The molecule has 0 bridgehead atoms. The summed E-state index contributed by atoms with van der Waals surface area (Å²) in [5.74, 6) is -0.0561. The third-order valence-electron chi connectivity index (χ3n) is 7.22. The minimum atomic E-state index is -0.844. The van der Waals surface area contributed by atoms with Gasteiger partial charge in [-0.05, 0) is 38.0 Å². The van der Waals surface area contributed by atoms with Crippen molar-refractivity contribution >= 4 is 39.7 Å². The molecule has 5 aromatic rings. The lowest BCUT2D eigenvalue weighted by atomic mass is 10.0. The number of benzene rings is 1. The van der Waals surface area contributed by atoms with Gasteiger partial charge in [-0.2, -0.15) is 0 Å². The fourth-order valence-electron chi connectivity index (χ4n) is 5.40. The number of aromatic amines is 1. The maximum absolute atomic E-state index is 13.5. The number of rotatable bonds is 5. The highest BCUT2D eigenvalue weighted by Crippen LogP contribution is 2.36. The summed E-state index contributed by atoms with van der Waals surface area (Å²) in [7, 11) is 0. The Morgan fingerprint density at radius 3 is 2.68 bits per heavy atom. The van der Waals surface area contributed by atoms with Crippen LogP contribution in [0.15, 0.2) is 59.9 Å². The van der Waals surface area contributed by atoms with Crippen molar-refractivity contribution in [3.05, 3.63) is 76.3 Å². The van der Waals surface area contributed by atoms with Gasteiger partial charge in [-0.3, -0.25) is 14.3 Å². The van der Waals surface area contributed by atoms with E-state index in [2.05, 4.69) is 19.9 Å². The molecule has 194 valence electrons. The van der Waals surface area contributed by atoms with Gasteiger partial charge < -0.3 is 14.6 Å². The molecule has 38 heavy (non-hydrogen) atoms. The summed E-state index contributed by atoms with van der Waals surface area (Å²) in [5, 5.41) is 11.0. The molecule has 4 aromatic heterocycles. The number of H-pyrrole nitrogens is 1. The van der Waals surface area contributed by atoms with Crippen LogP contribution in [-0.4, -0.2) is 58.1 Å². The van der Waals surface area contributed by atoms with Crippen LogP contribution in [-0.2, 0) is 11.3 Å². The molecule has 1 atom stereocenters. The maximum Gasteiger partial charge on any atom is 0.327 e. The lowest BCUT2D eigenvalue weighted by molar-refractivity contribution is -0.133. The van der Waals surface area contributed by atoms with Gasteiger partial charge in [0.05, 0.1) is 28.3 Å². The van der Waals surface area contributed by atoms with Crippen LogP contribution in [0.3, 0.4) is 0 Å². The van der Waals surface area contributed by atoms with Gasteiger partial charge in [0.1, 0.15) is 12.9 Å². The summed E-state index contributed by atoms with van der Waals surface area (Å²) < 4.78 is 3.56. The maximum atomic E-state index is 13.5. The number of halogens is 1. The Bertz CT molecular complexity index is 1710. The number of hydrogen-bond donors (Lipinski definition) is 2. The van der Waals surface area contributed by atoms with Crippen molar-refractivity contribution in [1.29, 1.82) is 0 Å². The molecule has 0 radical (unpaired) electrons. The number of nitrogens with one attached hydrogen (secondary N) is 1. The summed E-state index contributed by atoms with van der Waals surface area (Å²) >= 11 is 6.49. The Hall–Kier alpha value is -4.02. The Labute approximate surface area is 222 Å². The number of aliphatic hydroxyl groups is 1. The molecule has 1 aliphatic heterocycles. The number of carbonyl (C=O) groups excluding carboxylic acids is 1. The van der Waals surface area contributed by atoms with Crippen molar-refractivity contribution in [2.45, 2.75) is 38.5 Å². The monoisotopic (exact) mass is 531 g/mol. The SMILES string of the molecule is CC(O)c1ncnc2c(-c3ccccc3Cl)cn(CC(=O)N3CCC(n4c(=O)[nH]c5ncccc54)CC3)c12. The molecular weight excluding hydrogens is 506 g/mol. The molecule has 0 spiro atoms. The minimum Gasteiger partial charge on any atom is -0.387 e. The Morgan fingerprint density at radius 1 is 1.13 bits per heavy atom. The van der Waals surface area contributed by atoms with Gasteiger partial charge >= 0.3 is 5.69 Å². The molecule has 0 aliphatic carbocycles. The smallest absolute Gasteiger partial charge is 0.327 e. The molecule has 6 rings (SSSR count). The molecule has 1 unspecified atom stereocenters. The van der Waals surface area contributed by atoms with E-state index in [-0.39, 0.29) is 24.2 Å². The zero-order chi connectivity index (χ0) is 26.4. The molecule has 1 amide bonds. The standard InChI is InChI=1S/C27H26ClN7O3/c1-16(36)23-25-24(31-15-30-23)19(18-5-2-3-6-20(18)28)13-34(25)14-22(37)33-11-8-17(9-12-33)35-21-7-4-10-29-26(21)32-27(35)38/h2-7,10,13,15-17,36H,8-9,11-12,14H2,1H3,(H,29,32,38). The van der Waals surface area contributed by atoms with Crippen LogP contribution in [0.5, 0.6) is 0 Å². The van der Waals surface area contributed by atoms with E-state index >= 15 is 0 Å². The lowest BCUT2D eigenvalue weighted by Crippen LogP contribution is -2.41. The Morgan fingerprint density at radius 2 is 1.92 bits per heavy atom. The number of aliphatic hydroxyl groups excluding tert-OH is 1. The van der Waals surface area contributed by atoms with Crippen LogP contribution in [0.4, 0.5) is 0 Å². The van der Waals surface area contributed by atoms with E-state index < -0.39 is 6.10 Å². The lowest BCUT2D eigenvalue weighted by Gasteiger charge is -2.32. The zero-order valence-corrected chi connectivity index (χ0v) is 21.5. The molecular formula is C27H26ClN7O3. The summed E-state index contributed by atoms with van der Waals surface area (Å²) in [6, 6.07) is 11.1. The quantitative estimate of drug-likeness (QED) is 0.356. The van der Waals surface area contributed by atoms with Gasteiger partial charge in [0.25, 0.3) is 0 Å². The van der Waals surface area contributed by atoms with Crippen molar-refractivity contribution in [2.75, 3.05) is 13.1 Å². The molecule has 0 saturated carbocycles. The van der Waals surface area contributed by atoms with Crippen molar-refractivity contribution in [1.82, 2.24) is 34.0 Å². The number of likely N-dealkylation sites (tertiary alicyclic amines) is 1. The van der Waals surface area contributed by atoms with Crippen molar-refractivity contribution in [2.24, 2.45) is 0 Å². The first-order valence-corrected chi connectivity index (χ1v) is 12.9. The third kappa shape index (κ3) is 4.15. The summed E-state index contributed by atoms with van der Waals surface area (Å²) in [6.07, 6.45) is 5.40. The number of pyridine rings is 1. The van der Waals surface area contributed by atoms with Crippen LogP contribution in [0.1, 0.15) is 37.6 Å². The fraction of sp³-hybridized carbons (Fsp3) is 0.296.